The Morgan fingerprint density at radius 1 is 1.18 bits per heavy atom. The van der Waals surface area contributed by atoms with Crippen LogP contribution in [0.5, 0.6) is 0 Å². The van der Waals surface area contributed by atoms with Crippen molar-refractivity contribution in [3.63, 3.8) is 0 Å². The summed E-state index contributed by atoms with van der Waals surface area (Å²) < 4.78 is 72.0. The van der Waals surface area contributed by atoms with Crippen LogP contribution in [0.3, 0.4) is 0 Å². The minimum atomic E-state index is -4.64. The molecule has 1 aromatic heterocycles. The van der Waals surface area contributed by atoms with Crippen molar-refractivity contribution in [1.29, 1.82) is 0 Å². The van der Waals surface area contributed by atoms with Gasteiger partial charge in [-0.15, -0.1) is 0 Å². The third-order valence-electron chi connectivity index (χ3n) is 1.62. The van der Waals surface area contributed by atoms with Crippen LogP contribution in [0.4, 0.5) is 32.2 Å². The van der Waals surface area contributed by atoms with Crippen molar-refractivity contribution < 1.29 is 26.3 Å². The number of halogens is 7. The van der Waals surface area contributed by atoms with Crippen LogP contribution >= 0.6 is 11.6 Å². The molecule has 0 atom stereocenters. The van der Waals surface area contributed by atoms with Gasteiger partial charge in [0, 0.05) is 6.20 Å². The molecule has 96 valence electrons. The zero-order valence-corrected chi connectivity index (χ0v) is 8.71. The second-order valence-corrected chi connectivity index (χ2v) is 3.43. The molecule has 0 radical (unpaired) electrons. The highest BCUT2D eigenvalue weighted by Crippen LogP contribution is 2.32. The largest absolute Gasteiger partial charge is 0.417 e. The Labute approximate surface area is 96.6 Å². The molecule has 0 amide bonds. The standard InChI is InChI=1S/C8H5ClF6N2/c9-5-1-4(8(13,14)15)2-16-6(5)17-3-7(10,11)12/h1-2H,3H2,(H,16,17). The van der Waals surface area contributed by atoms with Crippen molar-refractivity contribution in [1.82, 2.24) is 4.98 Å². The SMILES string of the molecule is FC(F)(F)CNc1ncc(C(F)(F)F)cc1Cl. The predicted octanol–water partition coefficient (Wildman–Crippen LogP) is 3.73. The van der Waals surface area contributed by atoms with Crippen molar-refractivity contribution in [2.24, 2.45) is 0 Å². The first-order chi connectivity index (χ1) is 7.59. The molecule has 9 heteroatoms. The van der Waals surface area contributed by atoms with E-state index in [4.69, 9.17) is 11.6 Å². The summed E-state index contributed by atoms with van der Waals surface area (Å²) in [5.41, 5.74) is -1.12. The molecule has 17 heavy (non-hydrogen) atoms. The monoisotopic (exact) mass is 278 g/mol. The van der Waals surface area contributed by atoms with E-state index in [0.29, 0.717) is 12.3 Å². The highest BCUT2D eigenvalue weighted by Gasteiger charge is 2.32. The number of nitrogens with one attached hydrogen (secondary N) is 1. The molecule has 2 nitrogen and oxygen atoms in total. The molecule has 1 N–H and O–H groups in total. The molecule has 0 unspecified atom stereocenters. The number of anilines is 1. The summed E-state index contributed by atoms with van der Waals surface area (Å²) in [4.78, 5) is 3.18. The minimum absolute atomic E-state index is 0.407. The summed E-state index contributed by atoms with van der Waals surface area (Å²) in [5, 5.41) is 1.27. The fourth-order valence-corrected chi connectivity index (χ4v) is 1.14. The van der Waals surface area contributed by atoms with Gasteiger partial charge in [-0.3, -0.25) is 0 Å². The average Bonchev–Trinajstić information content (AvgIpc) is 2.12. The molecular weight excluding hydrogens is 274 g/mol. The van der Waals surface area contributed by atoms with Crippen molar-refractivity contribution >= 4 is 17.4 Å². The van der Waals surface area contributed by atoms with Crippen LogP contribution in [0.1, 0.15) is 5.56 Å². The summed E-state index contributed by atoms with van der Waals surface area (Å²) in [6, 6.07) is 0.507. The van der Waals surface area contributed by atoms with Crippen LogP contribution in [0, 0.1) is 0 Å². The van der Waals surface area contributed by atoms with E-state index in [0.717, 1.165) is 0 Å². The summed E-state index contributed by atoms with van der Waals surface area (Å²) in [7, 11) is 0. The van der Waals surface area contributed by atoms with Crippen LogP contribution in [-0.4, -0.2) is 17.7 Å². The first-order valence-corrected chi connectivity index (χ1v) is 4.51. The van der Waals surface area contributed by atoms with Gasteiger partial charge in [0.2, 0.25) is 0 Å². The van der Waals surface area contributed by atoms with E-state index in [1.165, 1.54) is 0 Å². The minimum Gasteiger partial charge on any atom is -0.360 e. The van der Waals surface area contributed by atoms with E-state index in [2.05, 4.69) is 4.98 Å². The molecule has 1 aromatic rings. The molecule has 0 fully saturated rings. The second kappa shape index (κ2) is 4.59. The zero-order chi connectivity index (χ0) is 13.3. The van der Waals surface area contributed by atoms with Gasteiger partial charge in [0.25, 0.3) is 0 Å². The molecule has 0 bridgehead atoms. The van der Waals surface area contributed by atoms with Crippen molar-refractivity contribution in [3.05, 3.63) is 22.8 Å². The van der Waals surface area contributed by atoms with E-state index in [1.807, 2.05) is 0 Å². The molecule has 1 heterocycles. The molecule has 0 saturated heterocycles. The Morgan fingerprint density at radius 2 is 1.76 bits per heavy atom. The van der Waals surface area contributed by atoms with Gasteiger partial charge in [-0.2, -0.15) is 26.3 Å². The van der Waals surface area contributed by atoms with E-state index >= 15 is 0 Å². The summed E-state index contributed by atoms with van der Waals surface area (Å²) in [6.07, 6.45) is -8.74. The number of alkyl halides is 6. The molecule has 0 spiro atoms. The number of hydrogen-bond donors (Lipinski definition) is 1. The van der Waals surface area contributed by atoms with Crippen LogP contribution in [0.2, 0.25) is 5.02 Å². The van der Waals surface area contributed by atoms with Gasteiger partial charge in [0.15, 0.2) is 0 Å². The van der Waals surface area contributed by atoms with Gasteiger partial charge in [0.1, 0.15) is 12.4 Å². The first kappa shape index (κ1) is 13.9. The van der Waals surface area contributed by atoms with E-state index < -0.39 is 35.3 Å². The van der Waals surface area contributed by atoms with Gasteiger partial charge >= 0.3 is 12.4 Å². The van der Waals surface area contributed by atoms with Gasteiger partial charge in [0.05, 0.1) is 10.6 Å². The third-order valence-corrected chi connectivity index (χ3v) is 1.91. The number of aromatic nitrogens is 1. The third kappa shape index (κ3) is 4.29. The maximum atomic E-state index is 12.2. The van der Waals surface area contributed by atoms with E-state index in [1.54, 1.807) is 5.32 Å². The zero-order valence-electron chi connectivity index (χ0n) is 7.95. The maximum Gasteiger partial charge on any atom is 0.417 e. The lowest BCUT2D eigenvalue weighted by atomic mass is 10.3. The summed E-state index contributed by atoms with van der Waals surface area (Å²) in [5.74, 6) is -0.447. The van der Waals surface area contributed by atoms with Crippen molar-refractivity contribution in [3.8, 4) is 0 Å². The van der Waals surface area contributed by atoms with Crippen molar-refractivity contribution in [2.45, 2.75) is 12.4 Å². The fraction of sp³-hybridized carbons (Fsp3) is 0.375. The lowest BCUT2D eigenvalue weighted by molar-refractivity contribution is -0.137. The summed E-state index contributed by atoms with van der Waals surface area (Å²) in [6.45, 7) is -1.43. The highest BCUT2D eigenvalue weighted by atomic mass is 35.5. The van der Waals surface area contributed by atoms with Crippen molar-refractivity contribution in [2.75, 3.05) is 11.9 Å². The number of rotatable bonds is 2. The lowest BCUT2D eigenvalue weighted by Crippen LogP contribution is -2.22. The quantitative estimate of drug-likeness (QED) is 0.834. The highest BCUT2D eigenvalue weighted by molar-refractivity contribution is 6.32. The molecule has 0 aliphatic carbocycles. The molecule has 0 aliphatic heterocycles. The normalized spacial score (nSPS) is 12.6. The van der Waals surface area contributed by atoms with Crippen LogP contribution in [-0.2, 0) is 6.18 Å². The average molecular weight is 279 g/mol. The molecule has 1 rings (SSSR count). The Balaban J connectivity index is 2.84. The Morgan fingerprint density at radius 3 is 2.18 bits per heavy atom. The number of hydrogen-bond acceptors (Lipinski definition) is 2. The van der Waals surface area contributed by atoms with Gasteiger partial charge in [-0.05, 0) is 6.07 Å². The molecule has 0 aliphatic rings. The summed E-state index contributed by atoms with van der Waals surface area (Å²) >= 11 is 5.37. The molecular formula is C8H5ClF6N2. The van der Waals surface area contributed by atoms with Gasteiger partial charge in [-0.1, -0.05) is 11.6 Å². The topological polar surface area (TPSA) is 24.9 Å². The number of nitrogens with zero attached hydrogens (tertiary/aromatic N) is 1. The Bertz CT molecular complexity index is 400. The van der Waals surface area contributed by atoms with E-state index in [9.17, 15) is 26.3 Å². The van der Waals surface area contributed by atoms with Gasteiger partial charge in [-0.25, -0.2) is 4.98 Å². The van der Waals surface area contributed by atoms with Gasteiger partial charge < -0.3 is 5.32 Å². The molecule has 0 saturated carbocycles. The fourth-order valence-electron chi connectivity index (χ4n) is 0.907. The van der Waals surface area contributed by atoms with Crippen LogP contribution in [0.25, 0.3) is 0 Å². The lowest BCUT2D eigenvalue weighted by Gasteiger charge is -2.12. The smallest absolute Gasteiger partial charge is 0.360 e. The predicted molar refractivity (Wildman–Crippen MR) is 48.8 cm³/mol. The second-order valence-electron chi connectivity index (χ2n) is 3.02. The van der Waals surface area contributed by atoms with Crippen LogP contribution in [0.15, 0.2) is 12.3 Å². The van der Waals surface area contributed by atoms with Crippen LogP contribution < -0.4 is 5.32 Å². The molecule has 0 aromatic carbocycles. The Hall–Kier alpha value is -1.18. The first-order valence-electron chi connectivity index (χ1n) is 4.13. The van der Waals surface area contributed by atoms with E-state index in [-0.39, 0.29) is 0 Å². The number of pyridine rings is 1. The maximum absolute atomic E-state index is 12.2. The Kier molecular flexibility index (Phi) is 3.75.